The number of aliphatic hydroxyl groups excluding tert-OH is 1. The number of amides is 1. The molecule has 1 amide bonds. The molecule has 0 bridgehead atoms. The van der Waals surface area contributed by atoms with Gasteiger partial charge in [0.25, 0.3) is 5.91 Å². The maximum Gasteiger partial charge on any atom is 0.275 e. The number of carbonyl (C=O) groups excluding carboxylic acids is 1. The second-order valence-corrected chi connectivity index (χ2v) is 5.70. The number of rotatable bonds is 5. The average molecular weight is 301 g/mol. The Morgan fingerprint density at radius 2 is 2.05 bits per heavy atom. The van der Waals surface area contributed by atoms with E-state index in [9.17, 15) is 9.90 Å². The molecule has 0 unspecified atom stereocenters. The van der Waals surface area contributed by atoms with E-state index < -0.39 is 0 Å². The Labute approximate surface area is 129 Å². The minimum atomic E-state index is -0.171. The van der Waals surface area contributed by atoms with Gasteiger partial charge in [-0.25, -0.2) is 4.98 Å². The summed E-state index contributed by atoms with van der Waals surface area (Å²) in [7, 11) is 1.74. The Hall–Kier alpha value is -2.18. The molecular formula is C16H19N3O3. The van der Waals surface area contributed by atoms with Crippen LogP contribution < -0.4 is 0 Å². The van der Waals surface area contributed by atoms with Gasteiger partial charge in [0.1, 0.15) is 6.26 Å². The van der Waals surface area contributed by atoms with Crippen LogP contribution in [0, 0.1) is 0 Å². The van der Waals surface area contributed by atoms with E-state index in [1.54, 1.807) is 11.9 Å². The van der Waals surface area contributed by atoms with Crippen LogP contribution >= 0.6 is 0 Å². The number of benzene rings is 1. The molecule has 6 heteroatoms. The lowest BCUT2D eigenvalue weighted by atomic mass is 10.1. The minimum Gasteiger partial charge on any atom is -0.451 e. The highest BCUT2D eigenvalue weighted by Crippen LogP contribution is 2.14. The lowest BCUT2D eigenvalue weighted by Crippen LogP contribution is -2.49. The van der Waals surface area contributed by atoms with Gasteiger partial charge in [-0.1, -0.05) is 24.3 Å². The Balaban J connectivity index is 1.55. The molecule has 1 N–H and O–H groups in total. The van der Waals surface area contributed by atoms with E-state index in [2.05, 4.69) is 22.0 Å². The third-order valence-corrected chi connectivity index (χ3v) is 3.78. The summed E-state index contributed by atoms with van der Waals surface area (Å²) in [6, 6.07) is 8.18. The maximum absolute atomic E-state index is 12.1. The van der Waals surface area contributed by atoms with Gasteiger partial charge < -0.3 is 14.4 Å². The summed E-state index contributed by atoms with van der Waals surface area (Å²) in [5.74, 6) is -0.160. The molecule has 6 nitrogen and oxygen atoms in total. The molecule has 0 atom stereocenters. The first-order valence-corrected chi connectivity index (χ1v) is 7.23. The highest BCUT2D eigenvalue weighted by Gasteiger charge is 2.23. The fraction of sp³-hybridized carbons (Fsp3) is 0.375. The van der Waals surface area contributed by atoms with Crippen molar-refractivity contribution < 1.29 is 14.3 Å². The normalized spacial score (nSPS) is 15.5. The molecule has 0 aliphatic carbocycles. The first-order chi connectivity index (χ1) is 10.6. The first kappa shape index (κ1) is 14.7. The van der Waals surface area contributed by atoms with E-state index in [1.165, 1.54) is 18.2 Å². The number of aliphatic hydroxyl groups is 1. The number of oxazole rings is 1. The number of hydrogen-bond acceptors (Lipinski definition) is 5. The van der Waals surface area contributed by atoms with E-state index in [0.29, 0.717) is 12.2 Å². The van der Waals surface area contributed by atoms with Crippen molar-refractivity contribution in [3.63, 3.8) is 0 Å². The van der Waals surface area contributed by atoms with Gasteiger partial charge in [0, 0.05) is 33.2 Å². The molecule has 3 rings (SSSR count). The summed E-state index contributed by atoms with van der Waals surface area (Å²) in [5, 5.41) is 9.28. The lowest BCUT2D eigenvalue weighted by molar-refractivity contribution is -0.00286. The zero-order chi connectivity index (χ0) is 15.5. The maximum atomic E-state index is 12.1. The Morgan fingerprint density at radius 1 is 1.36 bits per heavy atom. The summed E-state index contributed by atoms with van der Waals surface area (Å²) in [5.41, 5.74) is 2.59. The smallest absolute Gasteiger partial charge is 0.275 e. The molecule has 2 heterocycles. The molecule has 22 heavy (non-hydrogen) atoms. The van der Waals surface area contributed by atoms with Gasteiger partial charge in [0.15, 0.2) is 12.1 Å². The lowest BCUT2D eigenvalue weighted by Gasteiger charge is -2.35. The summed E-state index contributed by atoms with van der Waals surface area (Å²) in [4.78, 5) is 19.7. The van der Waals surface area contributed by atoms with Crippen molar-refractivity contribution in [1.82, 2.24) is 14.8 Å². The van der Waals surface area contributed by atoms with Crippen LogP contribution in [0.1, 0.15) is 21.6 Å². The fourth-order valence-corrected chi connectivity index (χ4v) is 2.54. The van der Waals surface area contributed by atoms with Crippen LogP contribution in [0.3, 0.4) is 0 Å². The van der Waals surface area contributed by atoms with Crippen LogP contribution in [-0.4, -0.2) is 52.0 Å². The van der Waals surface area contributed by atoms with Crippen molar-refractivity contribution in [3.05, 3.63) is 53.7 Å². The topological polar surface area (TPSA) is 69.8 Å². The molecule has 0 saturated carbocycles. The van der Waals surface area contributed by atoms with E-state index in [-0.39, 0.29) is 12.0 Å². The molecular weight excluding hydrogens is 282 g/mol. The van der Waals surface area contributed by atoms with Crippen LogP contribution in [0.2, 0.25) is 0 Å². The average Bonchev–Trinajstić information content (AvgIpc) is 3.01. The van der Waals surface area contributed by atoms with Crippen molar-refractivity contribution in [1.29, 1.82) is 0 Å². The molecule has 1 aromatic carbocycles. The predicted octanol–water partition coefficient (Wildman–Crippen LogP) is 1.12. The van der Waals surface area contributed by atoms with Crippen LogP contribution in [0.15, 0.2) is 41.3 Å². The molecule has 0 spiro atoms. The quantitative estimate of drug-likeness (QED) is 0.896. The molecule has 1 aliphatic rings. The fourth-order valence-electron chi connectivity index (χ4n) is 2.54. The van der Waals surface area contributed by atoms with Crippen molar-refractivity contribution in [3.8, 4) is 0 Å². The third kappa shape index (κ3) is 3.35. The SMILES string of the molecule is CN(Cc1ccc(CN2CC(O)C2)cc1)C(=O)c1cocn1. The van der Waals surface area contributed by atoms with Crippen molar-refractivity contribution >= 4 is 5.91 Å². The Kier molecular flexibility index (Phi) is 4.22. The van der Waals surface area contributed by atoms with Gasteiger partial charge in [0.05, 0.1) is 6.10 Å². The summed E-state index contributed by atoms with van der Waals surface area (Å²) in [6.07, 6.45) is 2.43. The minimum absolute atomic E-state index is 0.160. The van der Waals surface area contributed by atoms with E-state index in [1.807, 2.05) is 12.1 Å². The van der Waals surface area contributed by atoms with Gasteiger partial charge in [-0.05, 0) is 11.1 Å². The largest absolute Gasteiger partial charge is 0.451 e. The highest BCUT2D eigenvalue weighted by molar-refractivity contribution is 5.91. The zero-order valence-electron chi connectivity index (χ0n) is 12.5. The molecule has 1 aromatic heterocycles. The van der Waals surface area contributed by atoms with Crippen molar-refractivity contribution in [2.24, 2.45) is 0 Å². The van der Waals surface area contributed by atoms with Crippen molar-refractivity contribution in [2.75, 3.05) is 20.1 Å². The number of nitrogens with zero attached hydrogens (tertiary/aromatic N) is 3. The van der Waals surface area contributed by atoms with Gasteiger partial charge >= 0.3 is 0 Å². The van der Waals surface area contributed by atoms with Gasteiger partial charge in [-0.2, -0.15) is 0 Å². The number of carbonyl (C=O) groups is 1. The molecule has 1 aliphatic heterocycles. The van der Waals surface area contributed by atoms with Crippen LogP contribution in [-0.2, 0) is 13.1 Å². The van der Waals surface area contributed by atoms with Gasteiger partial charge in [-0.15, -0.1) is 0 Å². The van der Waals surface area contributed by atoms with Gasteiger partial charge in [0.2, 0.25) is 0 Å². The molecule has 2 aromatic rings. The summed E-state index contributed by atoms with van der Waals surface area (Å²) in [6.45, 7) is 2.87. The molecule has 0 radical (unpaired) electrons. The van der Waals surface area contributed by atoms with Crippen molar-refractivity contribution in [2.45, 2.75) is 19.2 Å². The van der Waals surface area contributed by atoms with Crippen LogP contribution in [0.5, 0.6) is 0 Å². The Bertz CT molecular complexity index is 619. The molecule has 1 saturated heterocycles. The molecule has 1 fully saturated rings. The molecule has 116 valence electrons. The van der Waals surface area contributed by atoms with E-state index in [0.717, 1.165) is 25.2 Å². The standard InChI is InChI=1S/C16H19N3O3/c1-18(16(21)15-10-22-11-17-15)6-12-2-4-13(5-3-12)7-19-8-14(20)9-19/h2-5,10-11,14,20H,6-9H2,1H3. The second-order valence-electron chi connectivity index (χ2n) is 5.70. The number of hydrogen-bond donors (Lipinski definition) is 1. The number of likely N-dealkylation sites (tertiary alicyclic amines) is 1. The van der Waals surface area contributed by atoms with E-state index in [4.69, 9.17) is 4.42 Å². The number of aromatic nitrogens is 1. The monoisotopic (exact) mass is 301 g/mol. The van der Waals surface area contributed by atoms with Gasteiger partial charge in [-0.3, -0.25) is 9.69 Å². The predicted molar refractivity (Wildman–Crippen MR) is 80.0 cm³/mol. The third-order valence-electron chi connectivity index (χ3n) is 3.78. The van der Waals surface area contributed by atoms with Crippen LogP contribution in [0.25, 0.3) is 0 Å². The highest BCUT2D eigenvalue weighted by atomic mass is 16.3. The summed E-state index contributed by atoms with van der Waals surface area (Å²) >= 11 is 0. The second kappa shape index (κ2) is 6.29. The Morgan fingerprint density at radius 3 is 2.64 bits per heavy atom. The van der Waals surface area contributed by atoms with E-state index >= 15 is 0 Å². The first-order valence-electron chi connectivity index (χ1n) is 7.23. The zero-order valence-corrected chi connectivity index (χ0v) is 12.5. The van der Waals surface area contributed by atoms with Crippen LogP contribution in [0.4, 0.5) is 0 Å². The number of β-amino-alcohol motifs (C(OH)–C–C–N with tert-alkyl or cyclic N) is 1. The summed E-state index contributed by atoms with van der Waals surface area (Å²) < 4.78 is 4.83.